The Balaban J connectivity index is 2.45. The first-order valence-electron chi connectivity index (χ1n) is 8.71. The molecule has 0 aliphatic heterocycles. The summed E-state index contributed by atoms with van der Waals surface area (Å²) in [5.74, 6) is -2.02. The summed E-state index contributed by atoms with van der Waals surface area (Å²) in [6, 6.07) is 11.6. The van der Waals surface area contributed by atoms with Gasteiger partial charge in [-0.05, 0) is 35.4 Å². The van der Waals surface area contributed by atoms with E-state index in [-0.39, 0.29) is 29.2 Å². The van der Waals surface area contributed by atoms with Gasteiger partial charge < -0.3 is 19.9 Å². The standard InChI is InChI=1S/C21H18F2N2O5/c1-3-18(26)17(11-24)19(27)25-13-7-8-15(16(10-13)20(28)29-2)12-5-4-6-14(9-12)30-21(22)23/h4-10,21,26H,3H2,1-2H3,(H,25,27)/b18-17-. The highest BCUT2D eigenvalue weighted by Crippen LogP contribution is 2.30. The number of carbonyl (C=O) groups excluding carboxylic acids is 2. The third kappa shape index (κ3) is 5.32. The van der Waals surface area contributed by atoms with Crippen LogP contribution in [0.2, 0.25) is 0 Å². The third-order valence-corrected chi connectivity index (χ3v) is 4.02. The Hall–Kier alpha value is -3.93. The van der Waals surface area contributed by atoms with E-state index in [0.717, 1.165) is 0 Å². The van der Waals surface area contributed by atoms with Gasteiger partial charge in [-0.3, -0.25) is 4.79 Å². The number of esters is 1. The van der Waals surface area contributed by atoms with E-state index in [0.29, 0.717) is 11.1 Å². The molecule has 0 atom stereocenters. The van der Waals surface area contributed by atoms with Crippen molar-refractivity contribution in [1.29, 1.82) is 5.26 Å². The molecule has 1 amide bonds. The molecule has 156 valence electrons. The first-order chi connectivity index (χ1) is 14.3. The van der Waals surface area contributed by atoms with Gasteiger partial charge in [0.15, 0.2) is 5.57 Å². The van der Waals surface area contributed by atoms with Crippen molar-refractivity contribution in [3.63, 3.8) is 0 Å². The van der Waals surface area contributed by atoms with Crippen LogP contribution >= 0.6 is 0 Å². The Morgan fingerprint density at radius 3 is 2.57 bits per heavy atom. The predicted octanol–water partition coefficient (Wildman–Crippen LogP) is 4.43. The lowest BCUT2D eigenvalue weighted by atomic mass is 9.98. The number of halogens is 2. The van der Waals surface area contributed by atoms with Gasteiger partial charge in [-0.25, -0.2) is 4.79 Å². The molecular weight excluding hydrogens is 398 g/mol. The number of hydrogen-bond acceptors (Lipinski definition) is 6. The number of benzene rings is 2. The van der Waals surface area contributed by atoms with E-state index >= 15 is 0 Å². The van der Waals surface area contributed by atoms with Gasteiger partial charge >= 0.3 is 12.6 Å². The fourth-order valence-corrected chi connectivity index (χ4v) is 2.61. The van der Waals surface area contributed by atoms with Gasteiger partial charge in [0.25, 0.3) is 5.91 Å². The summed E-state index contributed by atoms with van der Waals surface area (Å²) in [4.78, 5) is 24.5. The number of amides is 1. The number of nitrogens with one attached hydrogen (secondary N) is 1. The number of allylic oxidation sites excluding steroid dienone is 1. The number of rotatable bonds is 7. The quantitative estimate of drug-likeness (QED) is 0.299. The van der Waals surface area contributed by atoms with Crippen LogP contribution in [0.1, 0.15) is 23.7 Å². The summed E-state index contributed by atoms with van der Waals surface area (Å²) < 4.78 is 34.1. The van der Waals surface area contributed by atoms with Crippen molar-refractivity contribution in [2.45, 2.75) is 20.0 Å². The van der Waals surface area contributed by atoms with Crippen LogP contribution in [-0.2, 0) is 9.53 Å². The number of methoxy groups -OCH3 is 1. The first kappa shape index (κ1) is 22.4. The summed E-state index contributed by atoms with van der Waals surface area (Å²) in [7, 11) is 1.17. The van der Waals surface area contributed by atoms with E-state index in [1.54, 1.807) is 19.1 Å². The molecule has 0 radical (unpaired) electrons. The monoisotopic (exact) mass is 416 g/mol. The Morgan fingerprint density at radius 2 is 1.97 bits per heavy atom. The van der Waals surface area contributed by atoms with E-state index in [2.05, 4.69) is 10.1 Å². The van der Waals surface area contributed by atoms with E-state index in [4.69, 9.17) is 10.00 Å². The SMILES string of the molecule is CC/C(O)=C(\C#N)C(=O)Nc1ccc(-c2cccc(OC(F)F)c2)c(C(=O)OC)c1. The lowest BCUT2D eigenvalue weighted by Crippen LogP contribution is -2.16. The number of anilines is 1. The molecule has 2 aromatic carbocycles. The van der Waals surface area contributed by atoms with Crippen molar-refractivity contribution in [2.24, 2.45) is 0 Å². The summed E-state index contributed by atoms with van der Waals surface area (Å²) in [5.41, 5.74) is 0.533. The van der Waals surface area contributed by atoms with Gasteiger partial charge in [0.2, 0.25) is 0 Å². The van der Waals surface area contributed by atoms with Gasteiger partial charge in [0.1, 0.15) is 17.6 Å². The minimum atomic E-state index is -3.00. The summed E-state index contributed by atoms with van der Waals surface area (Å²) in [6.45, 7) is -1.42. The van der Waals surface area contributed by atoms with Crippen molar-refractivity contribution >= 4 is 17.6 Å². The number of alkyl halides is 2. The van der Waals surface area contributed by atoms with Crippen LogP contribution < -0.4 is 10.1 Å². The van der Waals surface area contributed by atoms with E-state index in [1.807, 2.05) is 0 Å². The van der Waals surface area contributed by atoms with Crippen LogP contribution in [0, 0.1) is 11.3 Å². The molecule has 2 aromatic rings. The number of hydrogen-bond donors (Lipinski definition) is 2. The normalized spacial score (nSPS) is 11.3. The van der Waals surface area contributed by atoms with E-state index in [9.17, 15) is 23.5 Å². The number of carbonyl (C=O) groups is 2. The maximum atomic E-state index is 12.5. The minimum absolute atomic E-state index is 0.0479. The molecule has 0 aromatic heterocycles. The molecule has 7 nitrogen and oxygen atoms in total. The van der Waals surface area contributed by atoms with Crippen molar-refractivity contribution in [3.8, 4) is 22.9 Å². The maximum absolute atomic E-state index is 12.5. The lowest BCUT2D eigenvalue weighted by molar-refractivity contribution is -0.112. The number of nitrogens with zero attached hydrogens (tertiary/aromatic N) is 1. The zero-order valence-electron chi connectivity index (χ0n) is 16.1. The Bertz CT molecular complexity index is 1030. The fourth-order valence-electron chi connectivity index (χ4n) is 2.61. The van der Waals surface area contributed by atoms with Crippen LogP contribution in [0.25, 0.3) is 11.1 Å². The highest BCUT2D eigenvalue weighted by molar-refractivity contribution is 6.08. The second-order valence-electron chi connectivity index (χ2n) is 5.90. The van der Waals surface area contributed by atoms with Crippen LogP contribution in [0.4, 0.5) is 14.5 Å². The molecule has 0 saturated heterocycles. The molecule has 30 heavy (non-hydrogen) atoms. The zero-order valence-corrected chi connectivity index (χ0v) is 16.1. The van der Waals surface area contributed by atoms with Gasteiger partial charge in [0, 0.05) is 12.1 Å². The molecule has 0 aliphatic rings. The zero-order chi connectivity index (χ0) is 22.3. The second-order valence-corrected chi connectivity index (χ2v) is 5.90. The molecule has 0 aliphatic carbocycles. The van der Waals surface area contributed by atoms with Gasteiger partial charge in [-0.1, -0.05) is 25.1 Å². The van der Waals surface area contributed by atoms with Crippen LogP contribution in [0.5, 0.6) is 5.75 Å². The van der Waals surface area contributed by atoms with Crippen LogP contribution in [0.3, 0.4) is 0 Å². The Labute approximate surface area is 171 Å². The average molecular weight is 416 g/mol. The van der Waals surface area contributed by atoms with E-state index in [1.165, 1.54) is 43.5 Å². The Morgan fingerprint density at radius 1 is 1.23 bits per heavy atom. The first-order valence-corrected chi connectivity index (χ1v) is 8.71. The van der Waals surface area contributed by atoms with Crippen molar-refractivity contribution < 1.29 is 33.0 Å². The number of ether oxygens (including phenoxy) is 2. The molecule has 0 unspecified atom stereocenters. The molecule has 0 spiro atoms. The van der Waals surface area contributed by atoms with Gasteiger partial charge in [-0.15, -0.1) is 0 Å². The summed E-state index contributed by atoms with van der Waals surface area (Å²) in [5, 5.41) is 21.2. The number of nitriles is 1. The molecule has 0 fully saturated rings. The number of aliphatic hydroxyl groups is 1. The van der Waals surface area contributed by atoms with Crippen LogP contribution in [-0.4, -0.2) is 30.7 Å². The lowest BCUT2D eigenvalue weighted by Gasteiger charge is -2.13. The maximum Gasteiger partial charge on any atom is 0.387 e. The number of aliphatic hydroxyl groups excluding tert-OH is 1. The van der Waals surface area contributed by atoms with Gasteiger partial charge in [-0.2, -0.15) is 14.0 Å². The van der Waals surface area contributed by atoms with Crippen molar-refractivity contribution in [1.82, 2.24) is 0 Å². The average Bonchev–Trinajstić information content (AvgIpc) is 2.73. The molecular formula is C21H18F2N2O5. The molecule has 2 rings (SSSR count). The van der Waals surface area contributed by atoms with Crippen LogP contribution in [0.15, 0.2) is 53.8 Å². The smallest absolute Gasteiger partial charge is 0.387 e. The third-order valence-electron chi connectivity index (χ3n) is 4.02. The topological polar surface area (TPSA) is 109 Å². The predicted molar refractivity (Wildman–Crippen MR) is 104 cm³/mol. The summed E-state index contributed by atoms with van der Waals surface area (Å²) in [6.07, 6.45) is 0.0969. The highest BCUT2D eigenvalue weighted by Gasteiger charge is 2.18. The van der Waals surface area contributed by atoms with Gasteiger partial charge in [0.05, 0.1) is 12.7 Å². The minimum Gasteiger partial charge on any atom is -0.511 e. The van der Waals surface area contributed by atoms with E-state index < -0.39 is 24.1 Å². The van der Waals surface area contributed by atoms with Crippen molar-refractivity contribution in [3.05, 3.63) is 59.4 Å². The van der Waals surface area contributed by atoms with Crippen molar-refractivity contribution in [2.75, 3.05) is 12.4 Å². The molecule has 0 bridgehead atoms. The fraction of sp³-hybridized carbons (Fsp3) is 0.190. The molecule has 0 saturated carbocycles. The molecule has 9 heteroatoms. The molecule has 0 heterocycles. The highest BCUT2D eigenvalue weighted by atomic mass is 19.3. The second kappa shape index (κ2) is 10.0. The Kier molecular flexibility index (Phi) is 7.47. The summed E-state index contributed by atoms with van der Waals surface area (Å²) >= 11 is 0. The molecule has 2 N–H and O–H groups in total. The largest absolute Gasteiger partial charge is 0.511 e.